The van der Waals surface area contributed by atoms with Crippen molar-refractivity contribution in [1.82, 2.24) is 0 Å². The van der Waals surface area contributed by atoms with Crippen molar-refractivity contribution in [3.05, 3.63) is 28.2 Å². The average molecular weight is 299 g/mol. The minimum Gasteiger partial charge on any atom is -0.405 e. The van der Waals surface area contributed by atoms with Crippen LogP contribution in [-0.2, 0) is 0 Å². The molecule has 0 saturated heterocycles. The summed E-state index contributed by atoms with van der Waals surface area (Å²) in [6, 6.07) is 4.30. The Bertz CT molecular complexity index is 366. The first kappa shape index (κ1) is 13.3. The molecule has 2 nitrogen and oxygen atoms in total. The van der Waals surface area contributed by atoms with Crippen LogP contribution in [0.25, 0.3) is 0 Å². The Kier molecular flexibility index (Phi) is 4.21. The van der Waals surface area contributed by atoms with Gasteiger partial charge in [0.1, 0.15) is 5.75 Å². The normalized spacial score (nSPS) is 13.6. The van der Waals surface area contributed by atoms with E-state index in [4.69, 9.17) is 5.11 Å². The Morgan fingerprint density at radius 2 is 2.06 bits per heavy atom. The van der Waals surface area contributed by atoms with E-state index in [-0.39, 0.29) is 22.7 Å². The smallest absolute Gasteiger partial charge is 0.405 e. The number of aliphatic hydroxyl groups excluding tert-OH is 1. The van der Waals surface area contributed by atoms with Gasteiger partial charge < -0.3 is 9.84 Å². The summed E-state index contributed by atoms with van der Waals surface area (Å²) in [4.78, 5) is 0. The van der Waals surface area contributed by atoms with Crippen molar-refractivity contribution in [3.63, 3.8) is 0 Å². The van der Waals surface area contributed by atoms with Crippen LogP contribution in [0, 0.1) is 0 Å². The Balaban J connectivity index is 3.04. The number of rotatable bonds is 3. The first-order valence-electron chi connectivity index (χ1n) is 4.50. The zero-order valence-electron chi connectivity index (χ0n) is 8.38. The van der Waals surface area contributed by atoms with Crippen LogP contribution >= 0.6 is 15.9 Å². The molecule has 1 rings (SSSR count). The van der Waals surface area contributed by atoms with Crippen LogP contribution < -0.4 is 4.74 Å². The zero-order valence-corrected chi connectivity index (χ0v) is 9.97. The molecular formula is C10H10BrF3O2. The summed E-state index contributed by atoms with van der Waals surface area (Å²) in [6.45, 7) is 1.56. The molecule has 90 valence electrons. The topological polar surface area (TPSA) is 29.5 Å². The van der Waals surface area contributed by atoms with Crippen LogP contribution in [0.4, 0.5) is 13.2 Å². The van der Waals surface area contributed by atoms with E-state index in [9.17, 15) is 13.2 Å². The number of alkyl halides is 3. The van der Waals surface area contributed by atoms with Gasteiger partial charge in [-0.05, 0) is 27.6 Å². The first-order valence-corrected chi connectivity index (χ1v) is 5.29. The van der Waals surface area contributed by atoms with Crippen LogP contribution in [-0.4, -0.2) is 18.1 Å². The molecule has 0 saturated carbocycles. The monoisotopic (exact) mass is 298 g/mol. The number of ether oxygens (including phenoxy) is 1. The maximum atomic E-state index is 12.0. The minimum atomic E-state index is -4.72. The lowest BCUT2D eigenvalue weighted by Crippen LogP contribution is -2.17. The lowest BCUT2D eigenvalue weighted by Gasteiger charge is -2.15. The quantitative estimate of drug-likeness (QED) is 0.926. The summed E-state index contributed by atoms with van der Waals surface area (Å²) in [5.41, 5.74) is 0.573. The largest absolute Gasteiger partial charge is 0.573 e. The highest BCUT2D eigenvalue weighted by Crippen LogP contribution is 2.35. The summed E-state index contributed by atoms with van der Waals surface area (Å²) < 4.78 is 40.2. The van der Waals surface area contributed by atoms with Crippen LogP contribution in [0.3, 0.4) is 0 Å². The maximum Gasteiger partial charge on any atom is 0.573 e. The van der Waals surface area contributed by atoms with Gasteiger partial charge in [0.15, 0.2) is 0 Å². The molecule has 1 atom stereocenters. The van der Waals surface area contributed by atoms with E-state index in [1.807, 2.05) is 0 Å². The van der Waals surface area contributed by atoms with Crippen molar-refractivity contribution in [2.45, 2.75) is 19.2 Å². The molecule has 0 radical (unpaired) electrons. The predicted molar refractivity (Wildman–Crippen MR) is 56.3 cm³/mol. The Morgan fingerprint density at radius 3 is 2.56 bits per heavy atom. The molecule has 0 aliphatic rings. The predicted octanol–water partition coefficient (Wildman–Crippen LogP) is 3.44. The van der Waals surface area contributed by atoms with Gasteiger partial charge in [-0.3, -0.25) is 0 Å². The summed E-state index contributed by atoms with van der Waals surface area (Å²) in [7, 11) is 0. The summed E-state index contributed by atoms with van der Waals surface area (Å²) in [5, 5.41) is 8.95. The molecule has 0 amide bonds. The highest BCUT2D eigenvalue weighted by molar-refractivity contribution is 9.10. The van der Waals surface area contributed by atoms with E-state index >= 15 is 0 Å². The van der Waals surface area contributed by atoms with Crippen molar-refractivity contribution in [2.24, 2.45) is 0 Å². The lowest BCUT2D eigenvalue weighted by atomic mass is 10.0. The minimum absolute atomic E-state index is 0.145. The second-order valence-corrected chi connectivity index (χ2v) is 4.08. The number of hydrogen-bond acceptors (Lipinski definition) is 2. The molecule has 0 fully saturated rings. The van der Waals surface area contributed by atoms with Crippen LogP contribution in [0.2, 0.25) is 0 Å². The summed E-state index contributed by atoms with van der Waals surface area (Å²) >= 11 is 3.04. The molecule has 16 heavy (non-hydrogen) atoms. The fourth-order valence-electron chi connectivity index (χ4n) is 1.21. The third kappa shape index (κ3) is 3.38. The van der Waals surface area contributed by atoms with Gasteiger partial charge in [-0.25, -0.2) is 0 Å². The summed E-state index contributed by atoms with van der Waals surface area (Å²) in [5.74, 6) is -0.559. The molecule has 0 aliphatic heterocycles. The summed E-state index contributed by atoms with van der Waals surface area (Å²) in [6.07, 6.45) is -4.72. The van der Waals surface area contributed by atoms with E-state index in [2.05, 4.69) is 20.7 Å². The Morgan fingerprint density at radius 1 is 1.44 bits per heavy atom. The molecule has 1 N–H and O–H groups in total. The molecule has 1 aromatic carbocycles. The molecule has 0 aliphatic carbocycles. The third-order valence-electron chi connectivity index (χ3n) is 2.02. The van der Waals surface area contributed by atoms with Gasteiger partial charge in [0.2, 0.25) is 0 Å². The van der Waals surface area contributed by atoms with E-state index in [0.717, 1.165) is 0 Å². The average Bonchev–Trinajstić information content (AvgIpc) is 2.18. The molecule has 0 aromatic heterocycles. The van der Waals surface area contributed by atoms with Gasteiger partial charge in [-0.15, -0.1) is 13.2 Å². The van der Waals surface area contributed by atoms with E-state index in [0.29, 0.717) is 5.56 Å². The second-order valence-electron chi connectivity index (χ2n) is 3.29. The number of aliphatic hydroxyl groups is 1. The highest BCUT2D eigenvalue weighted by Gasteiger charge is 2.32. The fraction of sp³-hybridized carbons (Fsp3) is 0.400. The van der Waals surface area contributed by atoms with Crippen molar-refractivity contribution < 1.29 is 23.0 Å². The van der Waals surface area contributed by atoms with Crippen LogP contribution in [0.5, 0.6) is 5.75 Å². The van der Waals surface area contributed by atoms with Gasteiger partial charge in [-0.2, -0.15) is 0 Å². The van der Waals surface area contributed by atoms with E-state index in [1.54, 1.807) is 13.0 Å². The first-order chi connectivity index (χ1) is 7.35. The Hall–Kier alpha value is -0.750. The van der Waals surface area contributed by atoms with Crippen molar-refractivity contribution in [1.29, 1.82) is 0 Å². The maximum absolute atomic E-state index is 12.0. The molecule has 1 aromatic rings. The lowest BCUT2D eigenvalue weighted by molar-refractivity contribution is -0.274. The molecule has 0 spiro atoms. The number of benzene rings is 1. The number of hydrogen-bond donors (Lipinski definition) is 1. The SMILES string of the molecule is CC(CO)c1cccc(OC(F)(F)F)c1Br. The second kappa shape index (κ2) is 5.05. The van der Waals surface area contributed by atoms with E-state index < -0.39 is 6.36 Å². The van der Waals surface area contributed by atoms with Crippen molar-refractivity contribution >= 4 is 15.9 Å². The standard InChI is InChI=1S/C10H10BrF3O2/c1-6(5-15)7-3-2-4-8(9(7)11)16-10(12,13)14/h2-4,6,15H,5H2,1H3. The Labute approximate surface area is 99.2 Å². The van der Waals surface area contributed by atoms with Gasteiger partial charge in [0, 0.05) is 12.5 Å². The van der Waals surface area contributed by atoms with E-state index in [1.165, 1.54) is 12.1 Å². The van der Waals surface area contributed by atoms with Crippen LogP contribution in [0.15, 0.2) is 22.7 Å². The number of halogens is 4. The van der Waals surface area contributed by atoms with Gasteiger partial charge in [-0.1, -0.05) is 19.1 Å². The molecule has 1 unspecified atom stereocenters. The highest BCUT2D eigenvalue weighted by atomic mass is 79.9. The van der Waals surface area contributed by atoms with Crippen molar-refractivity contribution in [3.8, 4) is 5.75 Å². The van der Waals surface area contributed by atoms with Gasteiger partial charge in [0.05, 0.1) is 4.47 Å². The zero-order chi connectivity index (χ0) is 12.3. The molecule has 0 bridgehead atoms. The molecule has 6 heteroatoms. The molecule has 0 heterocycles. The molecular weight excluding hydrogens is 289 g/mol. The van der Waals surface area contributed by atoms with Gasteiger partial charge in [0.25, 0.3) is 0 Å². The van der Waals surface area contributed by atoms with Crippen LogP contribution in [0.1, 0.15) is 18.4 Å². The van der Waals surface area contributed by atoms with Crippen molar-refractivity contribution in [2.75, 3.05) is 6.61 Å². The fourth-order valence-corrected chi connectivity index (χ4v) is 1.95. The third-order valence-corrected chi connectivity index (χ3v) is 2.87. The van der Waals surface area contributed by atoms with Gasteiger partial charge >= 0.3 is 6.36 Å².